The zero-order chi connectivity index (χ0) is 28.6. The molecule has 0 aromatic heterocycles. The number of rotatable bonds is 12. The fourth-order valence-corrected chi connectivity index (χ4v) is 5.81. The average molecular weight is 611 g/mol. The molecule has 7 nitrogen and oxygen atoms in total. The predicted octanol–water partition coefficient (Wildman–Crippen LogP) is 6.18. The van der Waals surface area contributed by atoms with Gasteiger partial charge in [0.05, 0.1) is 20.6 Å². The Morgan fingerprint density at radius 2 is 1.56 bits per heavy atom. The van der Waals surface area contributed by atoms with E-state index in [0.717, 1.165) is 16.3 Å². The van der Waals surface area contributed by atoms with Crippen LogP contribution in [0.2, 0.25) is 15.1 Å². The van der Waals surface area contributed by atoms with Crippen molar-refractivity contribution in [1.29, 1.82) is 0 Å². The standard InChI is InChI=1S/C28H30Cl3N3O4S/c1-3-16-32-28(36)26(4-2)33(18-20-10-12-21(29)13-11-20)27(35)19-34(22-14-15-24(30)25(31)17-22)39(37,38)23-8-6-5-7-9-23/h5-15,17,26H,3-4,16,18-19H2,1-2H3,(H,32,36)/t26-/m0/s1. The summed E-state index contributed by atoms with van der Waals surface area (Å²) in [5.41, 5.74) is 0.901. The molecule has 208 valence electrons. The van der Waals surface area contributed by atoms with Gasteiger partial charge in [0, 0.05) is 18.1 Å². The van der Waals surface area contributed by atoms with E-state index in [4.69, 9.17) is 34.8 Å². The minimum absolute atomic E-state index is 0.000791. The van der Waals surface area contributed by atoms with Crippen molar-refractivity contribution in [3.8, 4) is 0 Å². The maximum atomic E-state index is 14.0. The highest BCUT2D eigenvalue weighted by Gasteiger charge is 2.33. The van der Waals surface area contributed by atoms with Gasteiger partial charge in [0.25, 0.3) is 10.0 Å². The molecule has 0 fully saturated rings. The SMILES string of the molecule is CCCNC(=O)[C@H](CC)N(Cc1ccc(Cl)cc1)C(=O)CN(c1ccc(Cl)c(Cl)c1)S(=O)(=O)c1ccccc1. The van der Waals surface area contributed by atoms with Gasteiger partial charge in [-0.25, -0.2) is 8.42 Å². The van der Waals surface area contributed by atoms with Gasteiger partial charge in [0.15, 0.2) is 0 Å². The summed E-state index contributed by atoms with van der Waals surface area (Å²) in [6.07, 6.45) is 1.06. The molecule has 0 saturated carbocycles. The molecule has 0 unspecified atom stereocenters. The number of halogens is 3. The maximum Gasteiger partial charge on any atom is 0.264 e. The molecule has 0 bridgehead atoms. The first kappa shape index (κ1) is 30.8. The van der Waals surface area contributed by atoms with E-state index < -0.39 is 28.5 Å². The number of anilines is 1. The van der Waals surface area contributed by atoms with Gasteiger partial charge in [-0.15, -0.1) is 0 Å². The Labute approximate surface area is 244 Å². The summed E-state index contributed by atoms with van der Waals surface area (Å²) in [5, 5.41) is 3.76. The summed E-state index contributed by atoms with van der Waals surface area (Å²) in [5.74, 6) is -0.873. The number of sulfonamides is 1. The molecule has 0 spiro atoms. The van der Waals surface area contributed by atoms with Crippen LogP contribution in [0, 0.1) is 0 Å². The lowest BCUT2D eigenvalue weighted by molar-refractivity contribution is -0.140. The lowest BCUT2D eigenvalue weighted by atomic mass is 10.1. The second kappa shape index (κ2) is 14.0. The Bertz CT molecular complexity index is 1390. The summed E-state index contributed by atoms with van der Waals surface area (Å²) in [7, 11) is -4.19. The highest BCUT2D eigenvalue weighted by molar-refractivity contribution is 7.92. The first-order valence-electron chi connectivity index (χ1n) is 12.4. The first-order chi connectivity index (χ1) is 18.6. The monoisotopic (exact) mass is 609 g/mol. The van der Waals surface area contributed by atoms with Crippen LogP contribution in [0.25, 0.3) is 0 Å². The van der Waals surface area contributed by atoms with Gasteiger partial charge in [0.2, 0.25) is 11.8 Å². The third-order valence-electron chi connectivity index (χ3n) is 6.00. The summed E-state index contributed by atoms with van der Waals surface area (Å²) in [4.78, 5) is 28.5. The zero-order valence-electron chi connectivity index (χ0n) is 21.6. The molecular formula is C28H30Cl3N3O4S. The Morgan fingerprint density at radius 3 is 2.15 bits per heavy atom. The highest BCUT2D eigenvalue weighted by atomic mass is 35.5. The van der Waals surface area contributed by atoms with Gasteiger partial charge in [0.1, 0.15) is 12.6 Å². The minimum Gasteiger partial charge on any atom is -0.354 e. The minimum atomic E-state index is -4.19. The van der Waals surface area contributed by atoms with E-state index in [1.165, 1.54) is 35.2 Å². The quantitative estimate of drug-likeness (QED) is 0.266. The lowest BCUT2D eigenvalue weighted by Gasteiger charge is -2.33. The van der Waals surface area contributed by atoms with E-state index in [9.17, 15) is 18.0 Å². The molecule has 3 aromatic carbocycles. The molecule has 0 heterocycles. The Balaban J connectivity index is 2.06. The van der Waals surface area contributed by atoms with Crippen molar-refractivity contribution in [1.82, 2.24) is 10.2 Å². The van der Waals surface area contributed by atoms with Crippen molar-refractivity contribution in [2.24, 2.45) is 0 Å². The topological polar surface area (TPSA) is 86.8 Å². The average Bonchev–Trinajstić information content (AvgIpc) is 2.93. The van der Waals surface area contributed by atoms with Gasteiger partial charge in [-0.05, 0) is 60.9 Å². The Morgan fingerprint density at radius 1 is 0.897 bits per heavy atom. The van der Waals surface area contributed by atoms with Crippen molar-refractivity contribution in [2.45, 2.75) is 44.2 Å². The Kier molecular flexibility index (Phi) is 11.1. The van der Waals surface area contributed by atoms with Crippen molar-refractivity contribution in [3.05, 3.63) is 93.4 Å². The van der Waals surface area contributed by atoms with Crippen LogP contribution >= 0.6 is 34.8 Å². The number of hydrogen-bond donors (Lipinski definition) is 1. The molecule has 3 rings (SSSR count). The number of benzene rings is 3. The van der Waals surface area contributed by atoms with E-state index in [2.05, 4.69) is 5.32 Å². The van der Waals surface area contributed by atoms with E-state index in [1.54, 1.807) is 49.4 Å². The number of carbonyl (C=O) groups excluding carboxylic acids is 2. The van der Waals surface area contributed by atoms with Crippen molar-refractivity contribution in [2.75, 3.05) is 17.4 Å². The van der Waals surface area contributed by atoms with Gasteiger partial charge in [-0.1, -0.05) is 79.0 Å². The molecule has 11 heteroatoms. The predicted molar refractivity (Wildman–Crippen MR) is 157 cm³/mol. The van der Waals surface area contributed by atoms with Crippen LogP contribution in [-0.2, 0) is 26.2 Å². The third-order valence-corrected chi connectivity index (χ3v) is 8.78. The molecular weight excluding hydrogens is 581 g/mol. The van der Waals surface area contributed by atoms with Crippen LogP contribution in [0.15, 0.2) is 77.7 Å². The number of carbonyl (C=O) groups is 2. The molecule has 0 aliphatic heterocycles. The van der Waals surface area contributed by atoms with Gasteiger partial charge in [-0.2, -0.15) is 0 Å². The molecule has 1 atom stereocenters. The van der Waals surface area contributed by atoms with Crippen LogP contribution in [0.5, 0.6) is 0 Å². The van der Waals surface area contributed by atoms with E-state index in [-0.39, 0.29) is 33.1 Å². The highest BCUT2D eigenvalue weighted by Crippen LogP contribution is 2.31. The van der Waals surface area contributed by atoms with Crippen LogP contribution in [0.3, 0.4) is 0 Å². The summed E-state index contributed by atoms with van der Waals surface area (Å²) < 4.78 is 28.5. The molecule has 2 amide bonds. The lowest BCUT2D eigenvalue weighted by Crippen LogP contribution is -2.52. The summed E-state index contributed by atoms with van der Waals surface area (Å²) in [6, 6.07) is 18.2. The van der Waals surface area contributed by atoms with Crippen LogP contribution in [0.4, 0.5) is 5.69 Å². The first-order valence-corrected chi connectivity index (χ1v) is 15.0. The number of hydrogen-bond acceptors (Lipinski definition) is 4. The summed E-state index contributed by atoms with van der Waals surface area (Å²) in [6.45, 7) is 3.70. The molecule has 39 heavy (non-hydrogen) atoms. The van der Waals surface area contributed by atoms with Crippen LogP contribution in [0.1, 0.15) is 32.3 Å². The van der Waals surface area contributed by atoms with E-state index in [0.29, 0.717) is 18.0 Å². The fraction of sp³-hybridized carbons (Fsp3) is 0.286. The fourth-order valence-electron chi connectivity index (χ4n) is 3.96. The van der Waals surface area contributed by atoms with Crippen molar-refractivity contribution >= 4 is 62.3 Å². The van der Waals surface area contributed by atoms with E-state index >= 15 is 0 Å². The Hall–Kier alpha value is -2.78. The molecule has 3 aromatic rings. The smallest absolute Gasteiger partial charge is 0.264 e. The van der Waals surface area contributed by atoms with Crippen molar-refractivity contribution < 1.29 is 18.0 Å². The molecule has 0 aliphatic rings. The number of amides is 2. The third kappa shape index (κ3) is 7.88. The molecule has 1 N–H and O–H groups in total. The largest absolute Gasteiger partial charge is 0.354 e. The second-order valence-electron chi connectivity index (χ2n) is 8.79. The molecule has 0 aliphatic carbocycles. The van der Waals surface area contributed by atoms with E-state index in [1.807, 2.05) is 6.92 Å². The van der Waals surface area contributed by atoms with Crippen molar-refractivity contribution in [3.63, 3.8) is 0 Å². The number of nitrogens with one attached hydrogen (secondary N) is 1. The van der Waals surface area contributed by atoms with Gasteiger partial charge >= 0.3 is 0 Å². The molecule has 0 saturated heterocycles. The maximum absolute atomic E-state index is 14.0. The number of nitrogens with zero attached hydrogens (tertiary/aromatic N) is 2. The van der Waals surface area contributed by atoms with Crippen LogP contribution < -0.4 is 9.62 Å². The second-order valence-corrected chi connectivity index (χ2v) is 11.9. The normalized spacial score (nSPS) is 12.0. The van der Waals surface area contributed by atoms with Gasteiger partial charge < -0.3 is 10.2 Å². The zero-order valence-corrected chi connectivity index (χ0v) is 24.7. The summed E-state index contributed by atoms with van der Waals surface area (Å²) >= 11 is 18.3. The molecule has 0 radical (unpaired) electrons. The van der Waals surface area contributed by atoms with Gasteiger partial charge in [-0.3, -0.25) is 13.9 Å². The van der Waals surface area contributed by atoms with Crippen LogP contribution in [-0.4, -0.2) is 44.3 Å².